The molecule has 2 aliphatic rings. The Balaban J connectivity index is 2.00. The summed E-state index contributed by atoms with van der Waals surface area (Å²) in [5.74, 6) is -0.232. The molecule has 1 saturated carbocycles. The summed E-state index contributed by atoms with van der Waals surface area (Å²) in [4.78, 5) is 27.1. The van der Waals surface area contributed by atoms with E-state index in [0.29, 0.717) is 12.5 Å². The van der Waals surface area contributed by atoms with Crippen LogP contribution in [0, 0.1) is 11.8 Å². The van der Waals surface area contributed by atoms with Gasteiger partial charge in [0, 0.05) is 20.1 Å². The minimum Gasteiger partial charge on any atom is -0.480 e. The molecule has 19 heavy (non-hydrogen) atoms. The van der Waals surface area contributed by atoms with Crippen molar-refractivity contribution in [1.29, 1.82) is 0 Å². The van der Waals surface area contributed by atoms with E-state index in [4.69, 9.17) is 0 Å². The van der Waals surface area contributed by atoms with Gasteiger partial charge in [-0.3, -0.25) is 0 Å². The van der Waals surface area contributed by atoms with Gasteiger partial charge in [0.05, 0.1) is 0 Å². The maximum Gasteiger partial charge on any atom is 0.326 e. The van der Waals surface area contributed by atoms with Gasteiger partial charge in [0.15, 0.2) is 0 Å². The molecular weight excluding hydrogens is 244 g/mol. The minimum atomic E-state index is -0.877. The first-order chi connectivity index (χ1) is 9.00. The second-order valence-electron chi connectivity index (χ2n) is 6.06. The summed E-state index contributed by atoms with van der Waals surface area (Å²) >= 11 is 0. The quantitative estimate of drug-likeness (QED) is 0.852. The molecule has 1 heterocycles. The third kappa shape index (κ3) is 3.01. The first-order valence-electron chi connectivity index (χ1n) is 7.25. The van der Waals surface area contributed by atoms with Crippen LogP contribution in [0.5, 0.6) is 0 Å². The summed E-state index contributed by atoms with van der Waals surface area (Å²) in [6, 6.07) is -0.782. The number of hydrogen-bond acceptors (Lipinski definition) is 2. The number of piperidine rings is 1. The normalized spacial score (nSPS) is 27.8. The highest BCUT2D eigenvalue weighted by atomic mass is 16.4. The molecule has 0 spiro atoms. The highest BCUT2D eigenvalue weighted by molar-refractivity contribution is 5.83. The van der Waals surface area contributed by atoms with Crippen LogP contribution < -0.4 is 0 Å². The molecule has 1 saturated heterocycles. The average Bonchev–Trinajstić information content (AvgIpc) is 2.31. The van der Waals surface area contributed by atoms with Crippen LogP contribution in [0.4, 0.5) is 4.79 Å². The fraction of sp³-hybridized carbons (Fsp3) is 0.857. The van der Waals surface area contributed by atoms with Crippen LogP contribution >= 0.6 is 0 Å². The summed E-state index contributed by atoms with van der Waals surface area (Å²) in [5.41, 5.74) is 0. The predicted molar refractivity (Wildman–Crippen MR) is 71.9 cm³/mol. The lowest BCUT2D eigenvalue weighted by Gasteiger charge is -2.40. The van der Waals surface area contributed by atoms with Crippen molar-refractivity contribution in [2.24, 2.45) is 11.8 Å². The van der Waals surface area contributed by atoms with Crippen molar-refractivity contribution >= 4 is 12.0 Å². The third-order valence-electron chi connectivity index (χ3n) is 4.52. The van der Waals surface area contributed by atoms with Gasteiger partial charge >= 0.3 is 12.0 Å². The highest BCUT2D eigenvalue weighted by Crippen LogP contribution is 2.28. The Labute approximate surface area is 114 Å². The number of hydrogen-bond donors (Lipinski definition) is 1. The second-order valence-corrected chi connectivity index (χ2v) is 6.06. The van der Waals surface area contributed by atoms with Crippen molar-refractivity contribution in [3.63, 3.8) is 0 Å². The number of aliphatic carboxylic acids is 1. The van der Waals surface area contributed by atoms with Crippen molar-refractivity contribution in [3.05, 3.63) is 0 Å². The van der Waals surface area contributed by atoms with E-state index in [1.807, 2.05) is 6.92 Å². The van der Waals surface area contributed by atoms with E-state index in [0.717, 1.165) is 19.4 Å². The van der Waals surface area contributed by atoms with Gasteiger partial charge in [-0.1, -0.05) is 13.3 Å². The largest absolute Gasteiger partial charge is 0.480 e. The number of rotatable bonds is 3. The van der Waals surface area contributed by atoms with Crippen LogP contribution in [0.25, 0.3) is 0 Å². The first-order valence-corrected chi connectivity index (χ1v) is 7.25. The molecule has 2 atom stereocenters. The Hall–Kier alpha value is -1.26. The molecule has 2 unspecified atom stereocenters. The molecular formula is C14H24N2O3. The molecule has 2 amide bonds. The van der Waals surface area contributed by atoms with Crippen LogP contribution in [-0.2, 0) is 4.79 Å². The van der Waals surface area contributed by atoms with Crippen LogP contribution in [0.15, 0.2) is 0 Å². The monoisotopic (exact) mass is 268 g/mol. The molecule has 5 heteroatoms. The lowest BCUT2D eigenvalue weighted by molar-refractivity contribution is -0.145. The highest BCUT2D eigenvalue weighted by Gasteiger charge is 2.38. The first kappa shape index (κ1) is 14.2. The molecule has 108 valence electrons. The van der Waals surface area contributed by atoms with E-state index in [-0.39, 0.29) is 11.9 Å². The van der Waals surface area contributed by atoms with Gasteiger partial charge < -0.3 is 14.9 Å². The Morgan fingerprint density at radius 3 is 2.47 bits per heavy atom. The third-order valence-corrected chi connectivity index (χ3v) is 4.52. The molecule has 1 aliphatic carbocycles. The van der Waals surface area contributed by atoms with Crippen molar-refractivity contribution in [2.75, 3.05) is 20.1 Å². The van der Waals surface area contributed by atoms with Crippen LogP contribution in [-0.4, -0.2) is 53.1 Å². The predicted octanol–water partition coefficient (Wildman–Crippen LogP) is 2.02. The zero-order valence-corrected chi connectivity index (χ0v) is 11.8. The van der Waals surface area contributed by atoms with Gasteiger partial charge in [0.2, 0.25) is 0 Å². The van der Waals surface area contributed by atoms with Gasteiger partial charge in [-0.05, 0) is 37.5 Å². The van der Waals surface area contributed by atoms with Gasteiger partial charge in [0.25, 0.3) is 0 Å². The average molecular weight is 268 g/mol. The maximum atomic E-state index is 12.4. The molecule has 0 radical (unpaired) electrons. The molecule has 0 aromatic heterocycles. The zero-order chi connectivity index (χ0) is 14.0. The summed E-state index contributed by atoms with van der Waals surface area (Å²) in [6.07, 6.45) is 5.42. The van der Waals surface area contributed by atoms with Crippen molar-refractivity contribution in [2.45, 2.75) is 45.1 Å². The van der Waals surface area contributed by atoms with Crippen LogP contribution in [0.2, 0.25) is 0 Å². The van der Waals surface area contributed by atoms with Gasteiger partial charge in [-0.15, -0.1) is 0 Å². The standard InChI is InChI=1S/C14H24N2O3/c1-10-5-4-8-16(12(10)13(17)18)14(19)15(2)9-11-6-3-7-11/h10-12H,3-9H2,1-2H3,(H,17,18). The van der Waals surface area contributed by atoms with Crippen LogP contribution in [0.3, 0.4) is 0 Å². The lowest BCUT2D eigenvalue weighted by atomic mass is 9.85. The molecule has 5 nitrogen and oxygen atoms in total. The number of likely N-dealkylation sites (tertiary alicyclic amines) is 1. The van der Waals surface area contributed by atoms with E-state index in [1.54, 1.807) is 16.8 Å². The van der Waals surface area contributed by atoms with Crippen molar-refractivity contribution in [1.82, 2.24) is 9.80 Å². The molecule has 0 aromatic carbocycles. The Morgan fingerprint density at radius 1 is 1.26 bits per heavy atom. The fourth-order valence-corrected chi connectivity index (χ4v) is 3.14. The number of carbonyl (C=O) groups excluding carboxylic acids is 1. The second kappa shape index (κ2) is 5.80. The number of urea groups is 1. The number of carboxylic acid groups (broad SMARTS) is 1. The molecule has 2 rings (SSSR count). The number of carbonyl (C=O) groups is 2. The topological polar surface area (TPSA) is 60.9 Å². The summed E-state index contributed by atoms with van der Waals surface area (Å²) in [5, 5.41) is 9.34. The van der Waals surface area contributed by atoms with Crippen molar-refractivity contribution < 1.29 is 14.7 Å². The van der Waals surface area contributed by atoms with Gasteiger partial charge in [-0.2, -0.15) is 0 Å². The van der Waals surface area contributed by atoms with E-state index >= 15 is 0 Å². The van der Waals surface area contributed by atoms with Crippen LogP contribution in [0.1, 0.15) is 39.0 Å². The minimum absolute atomic E-state index is 0.0345. The smallest absolute Gasteiger partial charge is 0.326 e. The Morgan fingerprint density at radius 2 is 1.95 bits per heavy atom. The van der Waals surface area contributed by atoms with E-state index in [9.17, 15) is 14.7 Å². The molecule has 1 N–H and O–H groups in total. The van der Waals surface area contributed by atoms with E-state index in [1.165, 1.54) is 19.3 Å². The number of nitrogens with zero attached hydrogens (tertiary/aromatic N) is 2. The van der Waals surface area contributed by atoms with Gasteiger partial charge in [0.1, 0.15) is 6.04 Å². The lowest BCUT2D eigenvalue weighted by Crippen LogP contribution is -2.55. The van der Waals surface area contributed by atoms with Crippen molar-refractivity contribution in [3.8, 4) is 0 Å². The van der Waals surface area contributed by atoms with E-state index in [2.05, 4.69) is 0 Å². The summed E-state index contributed by atoms with van der Waals surface area (Å²) < 4.78 is 0. The number of amides is 2. The molecule has 0 aromatic rings. The molecule has 0 bridgehead atoms. The summed E-state index contributed by atoms with van der Waals surface area (Å²) in [7, 11) is 1.79. The Bertz CT molecular complexity index is 355. The molecule has 1 aliphatic heterocycles. The number of carboxylic acids is 1. The maximum absolute atomic E-state index is 12.4. The van der Waals surface area contributed by atoms with Gasteiger partial charge in [-0.25, -0.2) is 9.59 Å². The fourth-order valence-electron chi connectivity index (χ4n) is 3.14. The summed E-state index contributed by atoms with van der Waals surface area (Å²) in [6.45, 7) is 3.25. The van der Waals surface area contributed by atoms with E-state index < -0.39 is 12.0 Å². The zero-order valence-electron chi connectivity index (χ0n) is 11.8. The molecule has 2 fully saturated rings. The SMILES string of the molecule is CC1CCCN(C(=O)N(C)CC2CCC2)C1C(=O)O. The Kier molecular flexibility index (Phi) is 4.32.